The molecule has 2 aromatic rings. The zero-order chi connectivity index (χ0) is 13.3. The Balaban J connectivity index is 2.51. The van der Waals surface area contributed by atoms with E-state index in [4.69, 9.17) is 10.5 Å². The Morgan fingerprint density at radius 1 is 1.44 bits per heavy atom. The lowest BCUT2D eigenvalue weighted by Gasteiger charge is -2.07. The standard InChI is InChI=1S/C10H8Br2IN3OS/c1-17-3-5-7(13)9(14)16-10(15-5)6-2-4(11)8(12)18-6/h2H,3H2,1H3,(H2,14,15,16). The number of aromatic nitrogens is 2. The van der Waals surface area contributed by atoms with Gasteiger partial charge in [-0.15, -0.1) is 11.3 Å². The lowest BCUT2D eigenvalue weighted by Crippen LogP contribution is -2.05. The molecule has 0 saturated carbocycles. The summed E-state index contributed by atoms with van der Waals surface area (Å²) in [7, 11) is 1.63. The van der Waals surface area contributed by atoms with Crippen LogP contribution in [0.2, 0.25) is 0 Å². The van der Waals surface area contributed by atoms with Gasteiger partial charge >= 0.3 is 0 Å². The first kappa shape index (κ1) is 14.6. The van der Waals surface area contributed by atoms with Crippen LogP contribution in [0, 0.1) is 3.57 Å². The van der Waals surface area contributed by atoms with Gasteiger partial charge in [-0.3, -0.25) is 0 Å². The van der Waals surface area contributed by atoms with E-state index in [1.807, 2.05) is 6.07 Å². The van der Waals surface area contributed by atoms with Gasteiger partial charge in [0.15, 0.2) is 5.82 Å². The van der Waals surface area contributed by atoms with Crippen molar-refractivity contribution < 1.29 is 4.74 Å². The predicted molar refractivity (Wildman–Crippen MR) is 88.6 cm³/mol. The molecule has 0 aliphatic carbocycles. The van der Waals surface area contributed by atoms with Crippen LogP contribution in [0.4, 0.5) is 5.82 Å². The summed E-state index contributed by atoms with van der Waals surface area (Å²) in [6, 6.07) is 1.97. The highest BCUT2D eigenvalue weighted by Gasteiger charge is 2.14. The average molecular weight is 505 g/mol. The van der Waals surface area contributed by atoms with Crippen LogP contribution < -0.4 is 5.73 Å². The SMILES string of the molecule is COCc1nc(-c2cc(Br)c(Br)s2)nc(N)c1I. The summed E-state index contributed by atoms with van der Waals surface area (Å²) in [5.74, 6) is 1.10. The number of nitrogen functional groups attached to an aromatic ring is 1. The van der Waals surface area contributed by atoms with Gasteiger partial charge in [-0.25, -0.2) is 9.97 Å². The van der Waals surface area contributed by atoms with E-state index in [1.165, 1.54) is 0 Å². The van der Waals surface area contributed by atoms with E-state index in [0.29, 0.717) is 18.2 Å². The van der Waals surface area contributed by atoms with Crippen molar-refractivity contribution in [1.82, 2.24) is 9.97 Å². The van der Waals surface area contributed by atoms with Crippen molar-refractivity contribution in [3.05, 3.63) is 23.6 Å². The Bertz CT molecular complexity index is 571. The second kappa shape index (κ2) is 6.12. The molecule has 0 fully saturated rings. The number of hydrogen-bond acceptors (Lipinski definition) is 5. The molecular formula is C10H8Br2IN3OS. The summed E-state index contributed by atoms with van der Waals surface area (Å²) in [4.78, 5) is 9.76. The Morgan fingerprint density at radius 3 is 2.72 bits per heavy atom. The van der Waals surface area contributed by atoms with Crippen molar-refractivity contribution in [2.45, 2.75) is 6.61 Å². The highest BCUT2D eigenvalue weighted by molar-refractivity contribution is 14.1. The average Bonchev–Trinajstić information content (AvgIpc) is 2.65. The maximum Gasteiger partial charge on any atom is 0.172 e. The number of ether oxygens (including phenoxy) is 1. The molecule has 0 bridgehead atoms. The Labute approximate surface area is 139 Å². The minimum absolute atomic E-state index is 0.422. The summed E-state index contributed by atoms with van der Waals surface area (Å²) in [5, 5.41) is 0. The van der Waals surface area contributed by atoms with E-state index < -0.39 is 0 Å². The van der Waals surface area contributed by atoms with Gasteiger partial charge < -0.3 is 10.5 Å². The molecule has 0 aromatic carbocycles. The summed E-state index contributed by atoms with van der Waals surface area (Å²) in [6.45, 7) is 0.422. The molecule has 4 nitrogen and oxygen atoms in total. The Morgan fingerprint density at radius 2 is 2.17 bits per heavy atom. The number of nitrogens with two attached hydrogens (primary N) is 1. The zero-order valence-electron chi connectivity index (χ0n) is 9.21. The Kier molecular flexibility index (Phi) is 4.98. The molecule has 18 heavy (non-hydrogen) atoms. The molecule has 0 spiro atoms. The molecule has 2 heterocycles. The minimum atomic E-state index is 0.422. The topological polar surface area (TPSA) is 61.0 Å². The molecule has 96 valence electrons. The van der Waals surface area contributed by atoms with Crippen molar-refractivity contribution in [3.8, 4) is 10.7 Å². The van der Waals surface area contributed by atoms with E-state index in [0.717, 1.165) is 22.4 Å². The maximum atomic E-state index is 5.90. The quantitative estimate of drug-likeness (QED) is 0.640. The van der Waals surface area contributed by atoms with Crippen molar-refractivity contribution in [2.24, 2.45) is 0 Å². The van der Waals surface area contributed by atoms with E-state index in [-0.39, 0.29) is 0 Å². The first-order chi connectivity index (χ1) is 8.52. The summed E-state index contributed by atoms with van der Waals surface area (Å²) in [5.41, 5.74) is 6.71. The summed E-state index contributed by atoms with van der Waals surface area (Å²) >= 11 is 10.6. The molecule has 0 atom stereocenters. The molecule has 0 radical (unpaired) electrons. The van der Waals surface area contributed by atoms with Gasteiger partial charge in [-0.1, -0.05) is 0 Å². The number of halogens is 3. The number of thiophene rings is 1. The largest absolute Gasteiger partial charge is 0.383 e. The molecule has 0 aliphatic heterocycles. The highest BCUT2D eigenvalue weighted by Crippen LogP contribution is 2.37. The van der Waals surface area contributed by atoms with Crippen molar-refractivity contribution in [2.75, 3.05) is 12.8 Å². The molecular weight excluding hydrogens is 497 g/mol. The van der Waals surface area contributed by atoms with Crippen LogP contribution in [0.1, 0.15) is 5.69 Å². The van der Waals surface area contributed by atoms with Gasteiger partial charge in [0.25, 0.3) is 0 Å². The highest BCUT2D eigenvalue weighted by atomic mass is 127. The third-order valence-electron chi connectivity index (χ3n) is 2.09. The van der Waals surface area contributed by atoms with E-state index >= 15 is 0 Å². The normalized spacial score (nSPS) is 10.9. The fourth-order valence-corrected chi connectivity index (χ4v) is 3.68. The first-order valence-corrected chi connectivity index (χ1v) is 8.27. The molecule has 2 rings (SSSR count). The maximum absolute atomic E-state index is 5.90. The van der Waals surface area contributed by atoms with E-state index in [2.05, 4.69) is 64.4 Å². The second-order valence-corrected chi connectivity index (χ2v) is 7.66. The molecule has 0 saturated heterocycles. The fourth-order valence-electron chi connectivity index (χ4n) is 1.31. The lowest BCUT2D eigenvalue weighted by atomic mass is 10.3. The van der Waals surface area contributed by atoms with Gasteiger partial charge in [0.05, 0.1) is 24.5 Å². The van der Waals surface area contributed by atoms with Crippen molar-refractivity contribution >= 4 is 71.6 Å². The number of nitrogens with zero attached hydrogens (tertiary/aromatic N) is 2. The minimum Gasteiger partial charge on any atom is -0.383 e. The van der Waals surface area contributed by atoms with Gasteiger partial charge in [-0.2, -0.15) is 0 Å². The zero-order valence-corrected chi connectivity index (χ0v) is 15.4. The molecule has 0 aliphatic rings. The number of anilines is 1. The van der Waals surface area contributed by atoms with Crippen molar-refractivity contribution in [3.63, 3.8) is 0 Å². The van der Waals surface area contributed by atoms with Gasteiger partial charge in [-0.05, 0) is 60.5 Å². The smallest absolute Gasteiger partial charge is 0.172 e. The number of rotatable bonds is 3. The fraction of sp³-hybridized carbons (Fsp3) is 0.200. The molecule has 0 amide bonds. The predicted octanol–water partition coefficient (Wildman–Crippen LogP) is 4.06. The van der Waals surface area contributed by atoms with Crippen LogP contribution in [0.3, 0.4) is 0 Å². The third kappa shape index (κ3) is 3.03. The van der Waals surface area contributed by atoms with Crippen LogP contribution >= 0.6 is 65.8 Å². The number of methoxy groups -OCH3 is 1. The van der Waals surface area contributed by atoms with Gasteiger partial charge in [0.1, 0.15) is 5.82 Å². The van der Waals surface area contributed by atoms with Crippen LogP contribution in [0.25, 0.3) is 10.7 Å². The second-order valence-electron chi connectivity index (χ2n) is 3.36. The lowest BCUT2D eigenvalue weighted by molar-refractivity contribution is 0.181. The third-order valence-corrected chi connectivity index (χ3v) is 6.52. The van der Waals surface area contributed by atoms with E-state index in [1.54, 1.807) is 18.4 Å². The summed E-state index contributed by atoms with van der Waals surface area (Å²) in [6.07, 6.45) is 0. The molecule has 2 aromatic heterocycles. The first-order valence-electron chi connectivity index (χ1n) is 4.79. The van der Waals surface area contributed by atoms with Crippen LogP contribution in [-0.2, 0) is 11.3 Å². The van der Waals surface area contributed by atoms with Crippen LogP contribution in [0.15, 0.2) is 14.3 Å². The van der Waals surface area contributed by atoms with Gasteiger partial charge in [0, 0.05) is 11.6 Å². The molecule has 0 unspecified atom stereocenters. The van der Waals surface area contributed by atoms with Crippen LogP contribution in [0.5, 0.6) is 0 Å². The van der Waals surface area contributed by atoms with Crippen LogP contribution in [-0.4, -0.2) is 17.1 Å². The number of hydrogen-bond donors (Lipinski definition) is 1. The van der Waals surface area contributed by atoms with Crippen molar-refractivity contribution in [1.29, 1.82) is 0 Å². The Hall–Kier alpha value is 0.230. The van der Waals surface area contributed by atoms with Gasteiger partial charge in [0.2, 0.25) is 0 Å². The van der Waals surface area contributed by atoms with E-state index in [9.17, 15) is 0 Å². The molecule has 2 N–H and O–H groups in total. The summed E-state index contributed by atoms with van der Waals surface area (Å²) < 4.78 is 7.95. The monoisotopic (exact) mass is 503 g/mol. The molecule has 8 heteroatoms.